The topological polar surface area (TPSA) is 27.8 Å². The molecule has 4 nitrogen and oxygen atoms in total. The molecule has 4 rings (SSSR count). The van der Waals surface area contributed by atoms with E-state index in [1.165, 1.54) is 33.2 Å². The van der Waals surface area contributed by atoms with Crippen molar-refractivity contribution >= 4 is 36.1 Å². The lowest BCUT2D eigenvalue weighted by molar-refractivity contribution is -0.547. The Morgan fingerprint density at radius 3 is 2.32 bits per heavy atom. The molecule has 31 heavy (non-hydrogen) atoms. The first-order valence-corrected chi connectivity index (χ1v) is 14.2. The quantitative estimate of drug-likeness (QED) is 0.383. The van der Waals surface area contributed by atoms with Crippen LogP contribution in [-0.2, 0) is 4.74 Å². The number of aliphatic imine (C=N–C) groups is 1. The van der Waals surface area contributed by atoms with E-state index < -0.39 is 8.07 Å². The maximum atomic E-state index is 5.60. The van der Waals surface area contributed by atoms with Crippen LogP contribution in [0.2, 0.25) is 11.1 Å². The molecule has 2 aliphatic heterocycles. The molecular formula is C26H38N3OSi+. The van der Waals surface area contributed by atoms with Gasteiger partial charge in [0.05, 0.1) is 11.4 Å². The highest BCUT2D eigenvalue weighted by molar-refractivity contribution is 7.04. The van der Waals surface area contributed by atoms with Crippen molar-refractivity contribution in [2.45, 2.75) is 52.6 Å². The molecule has 0 atom stereocenters. The van der Waals surface area contributed by atoms with E-state index in [1.54, 1.807) is 0 Å². The summed E-state index contributed by atoms with van der Waals surface area (Å²) in [4.78, 5) is 7.64. The van der Waals surface area contributed by atoms with Crippen LogP contribution in [0.15, 0.2) is 46.6 Å². The lowest BCUT2D eigenvalue weighted by Gasteiger charge is -2.45. The predicted molar refractivity (Wildman–Crippen MR) is 136 cm³/mol. The third-order valence-corrected chi connectivity index (χ3v) is 13.6. The fourth-order valence-electron chi connectivity index (χ4n) is 5.89. The van der Waals surface area contributed by atoms with E-state index >= 15 is 0 Å². The minimum Gasteiger partial charge on any atom is -0.372 e. The SMILES string of the molecule is CCN(CC)c1ccc2c(c1)[Si](C(C)C)(C(C)C)C1=CC(=[N+]3CCOCC3)C=CC1=N2. The van der Waals surface area contributed by atoms with Crippen molar-refractivity contribution in [3.63, 3.8) is 0 Å². The number of fused-ring (bicyclic) bond motifs is 2. The van der Waals surface area contributed by atoms with E-state index in [9.17, 15) is 0 Å². The average molecular weight is 437 g/mol. The number of benzene rings is 1. The zero-order valence-corrected chi connectivity index (χ0v) is 21.1. The van der Waals surface area contributed by atoms with Gasteiger partial charge in [-0.15, -0.1) is 0 Å². The zero-order chi connectivity index (χ0) is 22.2. The molecule has 2 heterocycles. The van der Waals surface area contributed by atoms with Crippen molar-refractivity contribution in [3.8, 4) is 0 Å². The molecule has 1 aromatic carbocycles. The molecule has 1 saturated heterocycles. The number of nitrogens with zero attached hydrogens (tertiary/aromatic N) is 3. The van der Waals surface area contributed by atoms with Gasteiger partial charge in [-0.05, 0) is 59.6 Å². The standard InChI is InChI=1S/C26H38N3OSi/c1-7-28(8-2)21-9-11-23-25(17-21)31(19(3)4,20(5)6)26-18-22(10-12-24(26)27-23)29-13-15-30-16-14-29/h9-12,17-20H,7-8,13-16H2,1-6H3/q+1. The van der Waals surface area contributed by atoms with E-state index in [-0.39, 0.29) is 0 Å². The predicted octanol–water partition coefficient (Wildman–Crippen LogP) is 4.61. The van der Waals surface area contributed by atoms with Gasteiger partial charge in [0.2, 0.25) is 0 Å². The van der Waals surface area contributed by atoms with Crippen LogP contribution in [0.3, 0.4) is 0 Å². The number of allylic oxidation sites excluding steroid dienone is 4. The van der Waals surface area contributed by atoms with Gasteiger partial charge < -0.3 is 9.64 Å². The number of rotatable bonds is 5. The van der Waals surface area contributed by atoms with Crippen molar-refractivity contribution in [1.29, 1.82) is 0 Å². The van der Waals surface area contributed by atoms with E-state index in [0.717, 1.165) is 39.4 Å². The molecule has 3 aliphatic rings. The lowest BCUT2D eigenvalue weighted by atomic mass is 10.1. The Hall–Kier alpha value is -1.98. The summed E-state index contributed by atoms with van der Waals surface area (Å²) < 4.78 is 8.08. The van der Waals surface area contributed by atoms with Crippen LogP contribution < -0.4 is 10.1 Å². The minimum absolute atomic E-state index is 0.590. The second-order valence-corrected chi connectivity index (χ2v) is 14.6. The lowest BCUT2D eigenvalue weighted by Crippen LogP contribution is -2.59. The van der Waals surface area contributed by atoms with Crippen LogP contribution in [0.25, 0.3) is 0 Å². The van der Waals surface area contributed by atoms with Gasteiger partial charge in [0.1, 0.15) is 21.3 Å². The highest BCUT2D eigenvalue weighted by atomic mass is 28.3. The summed E-state index contributed by atoms with van der Waals surface area (Å²) in [6, 6.07) is 7.03. The second kappa shape index (κ2) is 8.87. The summed E-state index contributed by atoms with van der Waals surface area (Å²) in [5.41, 5.74) is 6.23. The number of anilines is 1. The second-order valence-electron chi connectivity index (χ2n) is 9.46. The smallest absolute Gasteiger partial charge is 0.200 e. The zero-order valence-electron chi connectivity index (χ0n) is 20.1. The van der Waals surface area contributed by atoms with Crippen LogP contribution in [0.1, 0.15) is 41.5 Å². The summed E-state index contributed by atoms with van der Waals surface area (Å²) in [6.45, 7) is 19.9. The first-order chi connectivity index (χ1) is 14.9. The molecule has 0 aromatic heterocycles. The Balaban J connectivity index is 1.95. The van der Waals surface area contributed by atoms with Crippen molar-refractivity contribution in [2.75, 3.05) is 44.3 Å². The van der Waals surface area contributed by atoms with Gasteiger partial charge in [-0.25, -0.2) is 9.57 Å². The average Bonchev–Trinajstić information content (AvgIpc) is 2.78. The molecule has 1 aliphatic carbocycles. The van der Waals surface area contributed by atoms with Crippen LogP contribution in [-0.4, -0.2) is 63.5 Å². The molecule has 0 N–H and O–H groups in total. The molecule has 5 heteroatoms. The third-order valence-electron chi connectivity index (χ3n) is 7.42. The van der Waals surface area contributed by atoms with E-state index in [4.69, 9.17) is 9.73 Å². The minimum atomic E-state index is -2.05. The summed E-state index contributed by atoms with van der Waals surface area (Å²) in [7, 11) is -2.05. The van der Waals surface area contributed by atoms with Gasteiger partial charge >= 0.3 is 0 Å². The van der Waals surface area contributed by atoms with Crippen molar-refractivity contribution in [3.05, 3.63) is 41.6 Å². The fraction of sp³-hybridized carbons (Fsp3) is 0.538. The van der Waals surface area contributed by atoms with Gasteiger partial charge in [-0.3, -0.25) is 0 Å². The fourth-order valence-corrected chi connectivity index (χ4v) is 11.9. The first kappa shape index (κ1) is 22.2. The van der Waals surface area contributed by atoms with E-state index in [0.29, 0.717) is 11.1 Å². The molecule has 0 unspecified atom stereocenters. The Labute approximate surface area is 189 Å². The van der Waals surface area contributed by atoms with Crippen LogP contribution >= 0.6 is 0 Å². The van der Waals surface area contributed by atoms with Crippen LogP contribution in [0.5, 0.6) is 0 Å². The van der Waals surface area contributed by atoms with Crippen LogP contribution in [0, 0.1) is 0 Å². The van der Waals surface area contributed by atoms with Gasteiger partial charge in [0, 0.05) is 30.9 Å². The Bertz CT molecular complexity index is 951. The van der Waals surface area contributed by atoms with Crippen molar-refractivity contribution < 1.29 is 9.31 Å². The highest BCUT2D eigenvalue weighted by Gasteiger charge is 2.50. The van der Waals surface area contributed by atoms with Crippen molar-refractivity contribution in [1.82, 2.24) is 0 Å². The van der Waals surface area contributed by atoms with Gasteiger partial charge in [-0.1, -0.05) is 27.7 Å². The summed E-state index contributed by atoms with van der Waals surface area (Å²) in [5.74, 6) is 0. The van der Waals surface area contributed by atoms with Gasteiger partial charge in [0.25, 0.3) is 0 Å². The first-order valence-electron chi connectivity index (χ1n) is 12.0. The molecule has 0 amide bonds. The molecule has 166 valence electrons. The largest absolute Gasteiger partial charge is 0.372 e. The number of hydrogen-bond acceptors (Lipinski definition) is 3. The Kier molecular flexibility index (Phi) is 6.36. The summed E-state index contributed by atoms with van der Waals surface area (Å²) in [5, 5.41) is 3.04. The maximum Gasteiger partial charge on any atom is 0.200 e. The number of ether oxygens (including phenoxy) is 1. The normalized spacial score (nSPS) is 19.9. The molecule has 0 saturated carbocycles. The molecular weight excluding hydrogens is 398 g/mol. The molecule has 0 spiro atoms. The monoisotopic (exact) mass is 436 g/mol. The molecule has 1 aromatic rings. The Morgan fingerprint density at radius 2 is 1.71 bits per heavy atom. The highest BCUT2D eigenvalue weighted by Crippen LogP contribution is 2.44. The molecule has 0 bridgehead atoms. The van der Waals surface area contributed by atoms with Gasteiger partial charge in [0.15, 0.2) is 18.8 Å². The van der Waals surface area contributed by atoms with Crippen LogP contribution in [0.4, 0.5) is 11.4 Å². The summed E-state index contributed by atoms with van der Waals surface area (Å²) in [6.07, 6.45) is 7.03. The number of morpholine rings is 1. The van der Waals surface area contributed by atoms with E-state index in [2.05, 4.69) is 87.4 Å². The van der Waals surface area contributed by atoms with E-state index in [1.807, 2.05) is 0 Å². The molecule has 1 fully saturated rings. The molecule has 0 radical (unpaired) electrons. The summed E-state index contributed by atoms with van der Waals surface area (Å²) >= 11 is 0. The maximum absolute atomic E-state index is 5.60. The number of hydrogen-bond donors (Lipinski definition) is 0. The van der Waals surface area contributed by atoms with Crippen molar-refractivity contribution in [2.24, 2.45) is 4.99 Å². The Morgan fingerprint density at radius 1 is 1.03 bits per heavy atom. The van der Waals surface area contributed by atoms with Gasteiger partial charge in [-0.2, -0.15) is 0 Å². The third kappa shape index (κ3) is 3.66.